The number of rotatable bonds is 4. The number of aryl methyl sites for hydroxylation is 2. The summed E-state index contributed by atoms with van der Waals surface area (Å²) in [5, 5.41) is 18.0. The van der Waals surface area contributed by atoms with E-state index in [1.54, 1.807) is 0 Å². The molecule has 0 bridgehead atoms. The molecular formula is C22H31N5O2. The first-order valence-electron chi connectivity index (χ1n) is 10.6. The van der Waals surface area contributed by atoms with Gasteiger partial charge in [-0.3, -0.25) is 9.89 Å². The summed E-state index contributed by atoms with van der Waals surface area (Å²) in [4.78, 5) is 9.16. The molecule has 1 aromatic heterocycles. The molecule has 4 rings (SSSR count). The van der Waals surface area contributed by atoms with E-state index in [9.17, 15) is 5.11 Å². The molecule has 7 heteroatoms. The van der Waals surface area contributed by atoms with Crippen LogP contribution >= 0.6 is 0 Å². The van der Waals surface area contributed by atoms with Crippen molar-refractivity contribution in [3.8, 4) is 5.75 Å². The van der Waals surface area contributed by atoms with Crippen LogP contribution in [-0.4, -0.2) is 59.2 Å². The maximum Gasteiger partial charge on any atom is 0.194 e. The van der Waals surface area contributed by atoms with Crippen LogP contribution in [0.3, 0.4) is 0 Å². The van der Waals surface area contributed by atoms with E-state index in [0.29, 0.717) is 12.3 Å². The van der Waals surface area contributed by atoms with Crippen molar-refractivity contribution >= 4 is 5.96 Å². The van der Waals surface area contributed by atoms with Gasteiger partial charge in [-0.15, -0.1) is 0 Å². The molecule has 29 heavy (non-hydrogen) atoms. The third kappa shape index (κ3) is 4.56. The fourth-order valence-corrected chi connectivity index (χ4v) is 4.43. The number of phenols is 1. The molecule has 2 aromatic rings. The maximum absolute atomic E-state index is 10.4. The molecule has 0 amide bonds. The fourth-order valence-electron chi connectivity index (χ4n) is 4.43. The lowest BCUT2D eigenvalue weighted by atomic mass is 9.88. The molecule has 2 heterocycles. The molecule has 1 aliphatic heterocycles. The largest absolute Gasteiger partial charge is 0.508 e. The van der Waals surface area contributed by atoms with Crippen LogP contribution in [0.1, 0.15) is 41.0 Å². The van der Waals surface area contributed by atoms with E-state index in [-0.39, 0.29) is 0 Å². The Labute approximate surface area is 172 Å². The Kier molecular flexibility index (Phi) is 6.04. The first-order valence-corrected chi connectivity index (χ1v) is 10.6. The highest BCUT2D eigenvalue weighted by atomic mass is 16.5. The van der Waals surface area contributed by atoms with Gasteiger partial charge in [-0.05, 0) is 49.8 Å². The van der Waals surface area contributed by atoms with Crippen molar-refractivity contribution in [2.24, 2.45) is 4.99 Å². The van der Waals surface area contributed by atoms with E-state index in [0.717, 1.165) is 68.5 Å². The van der Waals surface area contributed by atoms with E-state index in [4.69, 9.17) is 4.52 Å². The summed E-state index contributed by atoms with van der Waals surface area (Å²) in [7, 11) is 1.83. The molecule has 0 saturated carbocycles. The molecule has 1 fully saturated rings. The minimum Gasteiger partial charge on any atom is -0.508 e. The lowest BCUT2D eigenvalue weighted by molar-refractivity contribution is 0.169. The minimum atomic E-state index is 0.390. The fraction of sp³-hybridized carbons (Fsp3) is 0.545. The van der Waals surface area contributed by atoms with Gasteiger partial charge in [0.25, 0.3) is 0 Å². The summed E-state index contributed by atoms with van der Waals surface area (Å²) < 4.78 is 5.17. The summed E-state index contributed by atoms with van der Waals surface area (Å²) >= 11 is 0. The number of guanidine groups is 1. The SMILES string of the molecule is CN=C(NCc1c(O)ccc2c1CCCC2)N1CCN(Cc2cc(C)on2)CC1. The Balaban J connectivity index is 1.34. The lowest BCUT2D eigenvalue weighted by Crippen LogP contribution is -2.52. The van der Waals surface area contributed by atoms with Crippen molar-refractivity contribution in [2.45, 2.75) is 45.7 Å². The number of aromatic hydroxyl groups is 1. The Bertz CT molecular complexity index is 868. The third-order valence-electron chi connectivity index (χ3n) is 6.00. The quantitative estimate of drug-likeness (QED) is 0.610. The van der Waals surface area contributed by atoms with Gasteiger partial charge >= 0.3 is 0 Å². The number of nitrogens with zero attached hydrogens (tertiary/aromatic N) is 4. The molecule has 0 atom stereocenters. The normalized spacial score (nSPS) is 18.0. The number of hydrogen-bond donors (Lipinski definition) is 2. The predicted octanol–water partition coefficient (Wildman–Crippen LogP) is 2.46. The van der Waals surface area contributed by atoms with Gasteiger partial charge in [-0.2, -0.15) is 0 Å². The second-order valence-corrected chi connectivity index (χ2v) is 8.00. The Morgan fingerprint density at radius 2 is 2.00 bits per heavy atom. The van der Waals surface area contributed by atoms with Gasteiger partial charge in [-0.25, -0.2) is 0 Å². The van der Waals surface area contributed by atoms with E-state index in [1.807, 2.05) is 26.1 Å². The van der Waals surface area contributed by atoms with Crippen molar-refractivity contribution in [3.05, 3.63) is 46.3 Å². The van der Waals surface area contributed by atoms with Crippen LogP contribution in [-0.2, 0) is 25.9 Å². The standard InChI is InChI=1S/C22H31N5O2/c1-16-13-18(25-29-16)15-26-9-11-27(12-10-26)22(23-2)24-14-20-19-6-4-3-5-17(19)7-8-21(20)28/h7-8,13,28H,3-6,9-12,14-15H2,1-2H3,(H,23,24). The zero-order valence-electron chi connectivity index (χ0n) is 17.4. The summed E-state index contributed by atoms with van der Waals surface area (Å²) in [5.74, 6) is 2.14. The van der Waals surface area contributed by atoms with E-state index in [1.165, 1.54) is 24.0 Å². The monoisotopic (exact) mass is 397 g/mol. The maximum atomic E-state index is 10.4. The summed E-state index contributed by atoms with van der Waals surface area (Å²) in [6, 6.07) is 5.92. The van der Waals surface area contributed by atoms with Gasteiger partial charge in [0.05, 0.1) is 5.69 Å². The summed E-state index contributed by atoms with van der Waals surface area (Å²) in [6.45, 7) is 7.09. The number of nitrogens with one attached hydrogen (secondary N) is 1. The van der Waals surface area contributed by atoms with Crippen LogP contribution in [0.4, 0.5) is 0 Å². The van der Waals surface area contributed by atoms with E-state index >= 15 is 0 Å². The smallest absolute Gasteiger partial charge is 0.194 e. The number of benzene rings is 1. The van der Waals surface area contributed by atoms with Crippen molar-refractivity contribution in [2.75, 3.05) is 33.2 Å². The van der Waals surface area contributed by atoms with Crippen LogP contribution in [0.2, 0.25) is 0 Å². The van der Waals surface area contributed by atoms with E-state index in [2.05, 4.69) is 31.3 Å². The van der Waals surface area contributed by atoms with E-state index < -0.39 is 0 Å². The molecule has 0 spiro atoms. The first-order chi connectivity index (χ1) is 14.1. The van der Waals surface area contributed by atoms with Gasteiger partial charge in [-0.1, -0.05) is 11.2 Å². The highest BCUT2D eigenvalue weighted by Gasteiger charge is 2.22. The van der Waals surface area contributed by atoms with Crippen LogP contribution in [0, 0.1) is 6.92 Å². The van der Waals surface area contributed by atoms with Crippen molar-refractivity contribution in [3.63, 3.8) is 0 Å². The topological polar surface area (TPSA) is 77.1 Å². The number of piperazine rings is 1. The van der Waals surface area contributed by atoms with Gasteiger partial charge in [0, 0.05) is 57.9 Å². The zero-order valence-corrected chi connectivity index (χ0v) is 17.4. The molecule has 2 aliphatic rings. The zero-order chi connectivity index (χ0) is 20.2. The van der Waals surface area contributed by atoms with Crippen LogP contribution in [0.5, 0.6) is 5.75 Å². The Hall–Kier alpha value is -2.54. The minimum absolute atomic E-state index is 0.390. The molecule has 1 aromatic carbocycles. The number of aromatic nitrogens is 1. The molecule has 1 saturated heterocycles. The van der Waals surface area contributed by atoms with Gasteiger partial charge < -0.3 is 19.8 Å². The lowest BCUT2D eigenvalue weighted by Gasteiger charge is -2.36. The first kappa shape index (κ1) is 19.8. The number of hydrogen-bond acceptors (Lipinski definition) is 5. The number of fused-ring (bicyclic) bond motifs is 1. The molecule has 0 unspecified atom stereocenters. The van der Waals surface area contributed by atoms with Crippen LogP contribution < -0.4 is 5.32 Å². The average molecular weight is 398 g/mol. The molecule has 0 radical (unpaired) electrons. The van der Waals surface area contributed by atoms with Crippen molar-refractivity contribution in [1.29, 1.82) is 0 Å². The highest BCUT2D eigenvalue weighted by molar-refractivity contribution is 5.80. The summed E-state index contributed by atoms with van der Waals surface area (Å²) in [6.07, 6.45) is 4.61. The van der Waals surface area contributed by atoms with Crippen LogP contribution in [0.15, 0.2) is 27.7 Å². The third-order valence-corrected chi connectivity index (χ3v) is 6.00. The van der Waals surface area contributed by atoms with Crippen molar-refractivity contribution in [1.82, 2.24) is 20.3 Å². The van der Waals surface area contributed by atoms with Gasteiger partial charge in [0.1, 0.15) is 11.5 Å². The molecule has 7 nitrogen and oxygen atoms in total. The number of aliphatic imine (C=N–C) groups is 1. The second-order valence-electron chi connectivity index (χ2n) is 8.00. The molecular weight excluding hydrogens is 366 g/mol. The summed E-state index contributed by atoms with van der Waals surface area (Å²) in [5.41, 5.74) is 4.73. The number of phenolic OH excluding ortho intramolecular Hbond substituents is 1. The average Bonchev–Trinajstić information content (AvgIpc) is 3.15. The molecule has 1 aliphatic carbocycles. The van der Waals surface area contributed by atoms with Crippen LogP contribution in [0.25, 0.3) is 0 Å². The molecule has 2 N–H and O–H groups in total. The van der Waals surface area contributed by atoms with Gasteiger partial charge in [0.15, 0.2) is 5.96 Å². The highest BCUT2D eigenvalue weighted by Crippen LogP contribution is 2.30. The predicted molar refractivity (Wildman–Crippen MR) is 113 cm³/mol. The van der Waals surface area contributed by atoms with Crippen molar-refractivity contribution < 1.29 is 9.63 Å². The molecule has 156 valence electrons. The second kappa shape index (κ2) is 8.86. The Morgan fingerprint density at radius 1 is 1.21 bits per heavy atom. The van der Waals surface area contributed by atoms with Gasteiger partial charge in [0.2, 0.25) is 0 Å². The Morgan fingerprint density at radius 3 is 2.72 bits per heavy atom.